The highest BCUT2D eigenvalue weighted by molar-refractivity contribution is 6.30. The number of rotatable bonds is 8. The van der Waals surface area contributed by atoms with Crippen molar-refractivity contribution in [1.82, 2.24) is 0 Å². The molecule has 2 atom stereocenters. The molecule has 0 heterocycles. The van der Waals surface area contributed by atoms with Gasteiger partial charge in [-0.1, -0.05) is 11.6 Å². The predicted octanol–water partition coefficient (Wildman–Crippen LogP) is 0.789. The highest BCUT2D eigenvalue weighted by Crippen LogP contribution is 2.10. The van der Waals surface area contributed by atoms with E-state index >= 15 is 0 Å². The number of quaternary nitrogens is 1. The lowest BCUT2D eigenvalue weighted by atomic mass is 10.1. The van der Waals surface area contributed by atoms with E-state index < -0.39 is 18.1 Å². The molecule has 0 aromatic heterocycles. The molecule has 0 amide bonds. The second-order valence-electron chi connectivity index (χ2n) is 4.72. The number of esters is 1. The van der Waals surface area contributed by atoms with Gasteiger partial charge in [0.1, 0.15) is 6.10 Å². The Morgan fingerprint density at radius 2 is 1.95 bits per heavy atom. The summed E-state index contributed by atoms with van der Waals surface area (Å²) in [5.74, 6) is -0.498. The van der Waals surface area contributed by atoms with Crippen molar-refractivity contribution in [1.29, 1.82) is 0 Å². The number of aliphatic hydroxyl groups is 1. The van der Waals surface area contributed by atoms with Crippen LogP contribution in [0.5, 0.6) is 0 Å². The van der Waals surface area contributed by atoms with E-state index in [1.54, 1.807) is 36.5 Å². The minimum absolute atomic E-state index is 0.0314. The molecule has 5 nitrogen and oxygen atoms in total. The molecule has 0 saturated carbocycles. The minimum Gasteiger partial charge on any atom is -0.462 e. The maximum Gasteiger partial charge on any atom is 0.367 e. The van der Waals surface area contributed by atoms with Gasteiger partial charge in [-0.3, -0.25) is 4.79 Å². The summed E-state index contributed by atoms with van der Waals surface area (Å²) in [7, 11) is 0. The van der Waals surface area contributed by atoms with Crippen LogP contribution < -0.4 is 5.32 Å². The molecular weight excluding hydrogens is 294 g/mol. The summed E-state index contributed by atoms with van der Waals surface area (Å²) in [6, 6.07) is 5.96. The minimum atomic E-state index is -0.838. The predicted molar refractivity (Wildman–Crippen MR) is 79.3 cm³/mol. The van der Waals surface area contributed by atoms with Crippen LogP contribution in [-0.4, -0.2) is 42.2 Å². The van der Waals surface area contributed by atoms with Gasteiger partial charge in [-0.25, -0.2) is 4.79 Å². The van der Waals surface area contributed by atoms with Crippen molar-refractivity contribution in [2.24, 2.45) is 0 Å². The monoisotopic (exact) mass is 314 g/mol. The number of carbonyl (C=O) groups excluding carboxylic acids is 2. The SMILES string of the molecule is CCOC(=O)C([NH2+]CCC(=O)c1ccc(Cl)cc1)C(C)O. The lowest BCUT2D eigenvalue weighted by Gasteiger charge is -2.16. The highest BCUT2D eigenvalue weighted by atomic mass is 35.5. The lowest BCUT2D eigenvalue weighted by Crippen LogP contribution is -2.94. The first kappa shape index (κ1) is 17.6. The van der Waals surface area contributed by atoms with Crippen molar-refractivity contribution in [3.63, 3.8) is 0 Å². The molecule has 1 aromatic carbocycles. The third-order valence-electron chi connectivity index (χ3n) is 3.04. The zero-order chi connectivity index (χ0) is 15.8. The fraction of sp³-hybridized carbons (Fsp3) is 0.467. The smallest absolute Gasteiger partial charge is 0.367 e. The first-order valence-corrected chi connectivity index (χ1v) is 7.30. The van der Waals surface area contributed by atoms with Gasteiger partial charge in [0, 0.05) is 10.6 Å². The molecule has 6 heteroatoms. The summed E-state index contributed by atoms with van der Waals surface area (Å²) >= 11 is 5.77. The number of ether oxygens (including phenoxy) is 1. The Morgan fingerprint density at radius 3 is 2.48 bits per heavy atom. The number of halogens is 1. The number of benzene rings is 1. The second kappa shape index (κ2) is 8.77. The van der Waals surface area contributed by atoms with E-state index in [1.807, 2.05) is 0 Å². The molecule has 21 heavy (non-hydrogen) atoms. The van der Waals surface area contributed by atoms with Crippen LogP contribution in [0, 0.1) is 0 Å². The number of ketones is 1. The molecule has 0 aliphatic heterocycles. The fourth-order valence-corrected chi connectivity index (χ4v) is 2.03. The van der Waals surface area contributed by atoms with Crippen molar-refractivity contribution in [2.75, 3.05) is 13.2 Å². The van der Waals surface area contributed by atoms with Crippen LogP contribution in [0.3, 0.4) is 0 Å². The lowest BCUT2D eigenvalue weighted by molar-refractivity contribution is -0.683. The summed E-state index contributed by atoms with van der Waals surface area (Å²) in [5.41, 5.74) is 0.581. The van der Waals surface area contributed by atoms with Crippen molar-refractivity contribution in [3.05, 3.63) is 34.9 Å². The Kier molecular flexibility index (Phi) is 7.36. The first-order valence-electron chi connectivity index (χ1n) is 6.92. The van der Waals surface area contributed by atoms with Crippen LogP contribution >= 0.6 is 11.6 Å². The van der Waals surface area contributed by atoms with Gasteiger partial charge in [0.05, 0.1) is 19.6 Å². The van der Waals surface area contributed by atoms with Gasteiger partial charge in [-0.05, 0) is 38.1 Å². The van der Waals surface area contributed by atoms with Gasteiger partial charge in [0.25, 0.3) is 0 Å². The Labute approximate surface area is 129 Å². The number of hydrogen-bond acceptors (Lipinski definition) is 4. The molecule has 0 bridgehead atoms. The summed E-state index contributed by atoms with van der Waals surface area (Å²) < 4.78 is 4.89. The average molecular weight is 315 g/mol. The molecular formula is C15H21ClNO4+. The van der Waals surface area contributed by atoms with Crippen LogP contribution in [0.4, 0.5) is 0 Å². The van der Waals surface area contributed by atoms with E-state index in [4.69, 9.17) is 16.3 Å². The van der Waals surface area contributed by atoms with Crippen LogP contribution in [0.15, 0.2) is 24.3 Å². The molecule has 0 fully saturated rings. The normalized spacial score (nSPS) is 13.5. The molecule has 0 radical (unpaired) electrons. The highest BCUT2D eigenvalue weighted by Gasteiger charge is 2.28. The average Bonchev–Trinajstić information content (AvgIpc) is 2.43. The summed E-state index contributed by atoms with van der Waals surface area (Å²) in [6.07, 6.45) is -0.570. The summed E-state index contributed by atoms with van der Waals surface area (Å²) in [5, 5.41) is 11.8. The van der Waals surface area contributed by atoms with Crippen LogP contribution in [0.1, 0.15) is 30.6 Å². The number of nitrogens with two attached hydrogens (primary N) is 1. The molecule has 1 rings (SSSR count). The Bertz CT molecular complexity index is 473. The molecule has 2 unspecified atom stereocenters. The molecule has 3 N–H and O–H groups in total. The maximum absolute atomic E-state index is 12.0. The van der Waals surface area contributed by atoms with Crippen molar-refractivity contribution in [2.45, 2.75) is 32.4 Å². The largest absolute Gasteiger partial charge is 0.462 e. The van der Waals surface area contributed by atoms with Crippen LogP contribution in [-0.2, 0) is 9.53 Å². The fourth-order valence-electron chi connectivity index (χ4n) is 1.90. The van der Waals surface area contributed by atoms with Crippen molar-refractivity contribution in [3.8, 4) is 0 Å². The zero-order valence-electron chi connectivity index (χ0n) is 12.2. The first-order chi connectivity index (χ1) is 9.95. The van der Waals surface area contributed by atoms with Gasteiger partial charge in [0.2, 0.25) is 6.04 Å². The molecule has 0 aliphatic rings. The number of carbonyl (C=O) groups is 2. The number of aliphatic hydroxyl groups excluding tert-OH is 1. The molecule has 0 aliphatic carbocycles. The van der Waals surface area contributed by atoms with E-state index in [2.05, 4.69) is 0 Å². The van der Waals surface area contributed by atoms with E-state index in [-0.39, 0.29) is 18.8 Å². The van der Waals surface area contributed by atoms with E-state index in [1.165, 1.54) is 6.92 Å². The Hall–Kier alpha value is -1.43. The zero-order valence-corrected chi connectivity index (χ0v) is 13.0. The number of Topliss-reactive ketones (excluding diaryl/α,β-unsaturated/α-hetero) is 1. The standard InChI is InChI=1S/C15H20ClNO4/c1-3-21-15(20)14(10(2)18)17-9-8-13(19)11-4-6-12(16)7-5-11/h4-7,10,14,17-18H,3,8-9H2,1-2H3/p+1. The molecule has 116 valence electrons. The number of hydrogen-bond donors (Lipinski definition) is 2. The summed E-state index contributed by atoms with van der Waals surface area (Å²) in [4.78, 5) is 23.6. The van der Waals surface area contributed by atoms with E-state index in [0.717, 1.165) is 0 Å². The van der Waals surface area contributed by atoms with Gasteiger partial charge < -0.3 is 15.2 Å². The maximum atomic E-state index is 12.0. The van der Waals surface area contributed by atoms with Crippen molar-refractivity contribution >= 4 is 23.4 Å². The van der Waals surface area contributed by atoms with Gasteiger partial charge in [-0.2, -0.15) is 0 Å². The van der Waals surface area contributed by atoms with Crippen LogP contribution in [0.25, 0.3) is 0 Å². The topological polar surface area (TPSA) is 80.2 Å². The van der Waals surface area contributed by atoms with Crippen molar-refractivity contribution < 1.29 is 24.7 Å². The Balaban J connectivity index is 2.48. The van der Waals surface area contributed by atoms with E-state index in [0.29, 0.717) is 17.1 Å². The second-order valence-corrected chi connectivity index (χ2v) is 5.16. The van der Waals surface area contributed by atoms with Gasteiger partial charge in [0.15, 0.2) is 5.78 Å². The molecule has 1 aromatic rings. The summed E-state index contributed by atoms with van der Waals surface area (Å²) in [6.45, 7) is 3.90. The molecule has 0 spiro atoms. The Morgan fingerprint density at radius 1 is 1.33 bits per heavy atom. The van der Waals surface area contributed by atoms with Gasteiger partial charge in [-0.15, -0.1) is 0 Å². The van der Waals surface area contributed by atoms with E-state index in [9.17, 15) is 14.7 Å². The third kappa shape index (κ3) is 5.83. The quantitative estimate of drug-likeness (QED) is 0.549. The molecule has 0 saturated heterocycles. The van der Waals surface area contributed by atoms with Crippen LogP contribution in [0.2, 0.25) is 5.02 Å². The van der Waals surface area contributed by atoms with Gasteiger partial charge >= 0.3 is 5.97 Å². The third-order valence-corrected chi connectivity index (χ3v) is 3.29.